The highest BCUT2D eigenvalue weighted by molar-refractivity contribution is 14.0. The van der Waals surface area contributed by atoms with Crippen LogP contribution in [-0.2, 0) is 22.3 Å². The van der Waals surface area contributed by atoms with Crippen molar-refractivity contribution in [3.05, 3.63) is 29.3 Å². The molecule has 3 N–H and O–H groups in total. The topological polar surface area (TPSA) is 68.9 Å². The van der Waals surface area contributed by atoms with Crippen molar-refractivity contribution in [2.75, 3.05) is 31.7 Å². The van der Waals surface area contributed by atoms with Gasteiger partial charge in [0.2, 0.25) is 0 Å². The van der Waals surface area contributed by atoms with Crippen molar-refractivity contribution in [3.63, 3.8) is 0 Å². The molecule has 3 rings (SSSR count). The van der Waals surface area contributed by atoms with E-state index in [9.17, 15) is 0 Å². The Morgan fingerprint density at radius 3 is 3.00 bits per heavy atom. The van der Waals surface area contributed by atoms with Crippen LogP contribution in [0.3, 0.4) is 0 Å². The summed E-state index contributed by atoms with van der Waals surface area (Å²) in [4.78, 5) is 4.29. The van der Waals surface area contributed by atoms with E-state index in [2.05, 4.69) is 28.5 Å². The lowest BCUT2D eigenvalue weighted by Gasteiger charge is -2.10. The molecule has 0 spiro atoms. The van der Waals surface area contributed by atoms with Crippen LogP contribution in [0.4, 0.5) is 5.69 Å². The molecule has 1 aliphatic carbocycles. The van der Waals surface area contributed by atoms with Gasteiger partial charge in [0.15, 0.2) is 5.96 Å². The van der Waals surface area contributed by atoms with Gasteiger partial charge in [-0.05, 0) is 55.4 Å². The lowest BCUT2D eigenvalue weighted by Crippen LogP contribution is -2.23. The van der Waals surface area contributed by atoms with Crippen molar-refractivity contribution in [2.45, 2.75) is 38.2 Å². The fourth-order valence-electron chi connectivity index (χ4n) is 3.06. The van der Waals surface area contributed by atoms with Crippen LogP contribution in [0.5, 0.6) is 0 Å². The second kappa shape index (κ2) is 9.44. The molecule has 1 saturated heterocycles. The number of nitrogens with two attached hydrogens (primary N) is 1. The summed E-state index contributed by atoms with van der Waals surface area (Å²) in [6, 6.07) is 6.43. The van der Waals surface area contributed by atoms with Crippen molar-refractivity contribution in [1.82, 2.24) is 0 Å². The highest BCUT2D eigenvalue weighted by atomic mass is 127. The monoisotopic (exact) mass is 431 g/mol. The van der Waals surface area contributed by atoms with Crippen LogP contribution in [0.25, 0.3) is 0 Å². The zero-order valence-electron chi connectivity index (χ0n) is 13.4. The van der Waals surface area contributed by atoms with Crippen molar-refractivity contribution < 1.29 is 9.47 Å². The first-order valence-electron chi connectivity index (χ1n) is 8.19. The zero-order valence-corrected chi connectivity index (χ0v) is 15.8. The molecule has 1 unspecified atom stereocenters. The third-order valence-electron chi connectivity index (χ3n) is 4.22. The fraction of sp³-hybridized carbons (Fsp3) is 0.588. The smallest absolute Gasteiger partial charge is 0.193 e. The Balaban J connectivity index is 0.00000192. The molecule has 0 aromatic heterocycles. The standard InChI is InChI=1S/C17H25N3O2.HI/c18-17(19-8-10-21-12-16-5-2-9-22-16)20-15-7-6-13-3-1-4-14(13)11-15;/h6-7,11,16H,1-5,8-10,12H2,(H3,18,19,20);1H. The number of ether oxygens (including phenoxy) is 2. The van der Waals surface area contributed by atoms with E-state index in [1.165, 1.54) is 30.4 Å². The van der Waals surface area contributed by atoms with Crippen LogP contribution in [0, 0.1) is 0 Å². The molecule has 5 nitrogen and oxygen atoms in total. The van der Waals surface area contributed by atoms with Gasteiger partial charge < -0.3 is 20.5 Å². The Hall–Kier alpha value is -0.860. The van der Waals surface area contributed by atoms with Crippen molar-refractivity contribution in [2.24, 2.45) is 10.7 Å². The number of benzene rings is 1. The third kappa shape index (κ3) is 5.61. The number of guanidine groups is 1. The average Bonchev–Trinajstić information content (AvgIpc) is 3.17. The van der Waals surface area contributed by atoms with Crippen LogP contribution in [0.15, 0.2) is 23.2 Å². The van der Waals surface area contributed by atoms with Gasteiger partial charge in [0.25, 0.3) is 0 Å². The lowest BCUT2D eigenvalue weighted by molar-refractivity contribution is 0.0200. The molecule has 6 heteroatoms. The molecule has 1 aromatic rings. The summed E-state index contributed by atoms with van der Waals surface area (Å²) >= 11 is 0. The van der Waals surface area contributed by atoms with Crippen LogP contribution in [-0.4, -0.2) is 38.4 Å². The minimum atomic E-state index is 0. The number of aliphatic imine (C=N–C) groups is 1. The SMILES string of the molecule is I.NC(=NCCOCC1CCCO1)Nc1ccc2c(c1)CCC2. The number of hydrogen-bond donors (Lipinski definition) is 2. The number of aryl methyl sites for hydroxylation is 2. The number of fused-ring (bicyclic) bond motifs is 1. The second-order valence-corrected chi connectivity index (χ2v) is 5.94. The summed E-state index contributed by atoms with van der Waals surface area (Å²) in [5.41, 5.74) is 9.82. The van der Waals surface area contributed by atoms with Gasteiger partial charge in [-0.15, -0.1) is 24.0 Å². The van der Waals surface area contributed by atoms with Gasteiger partial charge in [-0.3, -0.25) is 4.99 Å². The number of hydrogen-bond acceptors (Lipinski definition) is 3. The fourth-order valence-corrected chi connectivity index (χ4v) is 3.06. The Morgan fingerprint density at radius 1 is 1.30 bits per heavy atom. The van der Waals surface area contributed by atoms with E-state index < -0.39 is 0 Å². The van der Waals surface area contributed by atoms with Gasteiger partial charge in [0, 0.05) is 12.3 Å². The molecule has 1 atom stereocenters. The van der Waals surface area contributed by atoms with Gasteiger partial charge in [0.1, 0.15) is 0 Å². The van der Waals surface area contributed by atoms with E-state index in [0.717, 1.165) is 25.1 Å². The summed E-state index contributed by atoms with van der Waals surface area (Å²) in [6.07, 6.45) is 6.13. The van der Waals surface area contributed by atoms with E-state index in [0.29, 0.717) is 25.7 Å². The molecule has 1 aliphatic heterocycles. The summed E-state index contributed by atoms with van der Waals surface area (Å²) < 4.78 is 11.1. The molecule has 0 bridgehead atoms. The molecule has 128 valence electrons. The van der Waals surface area contributed by atoms with Gasteiger partial charge in [-0.2, -0.15) is 0 Å². The first-order chi connectivity index (χ1) is 10.8. The normalized spacial score (nSPS) is 20.2. The second-order valence-electron chi connectivity index (χ2n) is 5.94. The average molecular weight is 431 g/mol. The maximum atomic E-state index is 5.91. The molecular weight excluding hydrogens is 405 g/mol. The highest BCUT2D eigenvalue weighted by Crippen LogP contribution is 2.24. The number of rotatable bonds is 6. The van der Waals surface area contributed by atoms with Crippen molar-refractivity contribution in [1.29, 1.82) is 0 Å². The van der Waals surface area contributed by atoms with E-state index in [4.69, 9.17) is 15.2 Å². The van der Waals surface area contributed by atoms with Gasteiger partial charge in [-0.1, -0.05) is 6.07 Å². The zero-order chi connectivity index (χ0) is 15.2. The summed E-state index contributed by atoms with van der Waals surface area (Å²) in [7, 11) is 0. The number of anilines is 1. The molecule has 23 heavy (non-hydrogen) atoms. The first-order valence-corrected chi connectivity index (χ1v) is 8.19. The Morgan fingerprint density at radius 2 is 2.17 bits per heavy atom. The van der Waals surface area contributed by atoms with Crippen LogP contribution >= 0.6 is 24.0 Å². The highest BCUT2D eigenvalue weighted by Gasteiger charge is 2.15. The van der Waals surface area contributed by atoms with Gasteiger partial charge in [-0.25, -0.2) is 0 Å². The molecule has 1 heterocycles. The predicted molar refractivity (Wildman–Crippen MR) is 104 cm³/mol. The molecule has 1 fully saturated rings. The summed E-state index contributed by atoms with van der Waals surface area (Å²) in [5, 5.41) is 3.15. The van der Waals surface area contributed by atoms with Crippen LogP contribution in [0.2, 0.25) is 0 Å². The van der Waals surface area contributed by atoms with E-state index >= 15 is 0 Å². The molecule has 2 aliphatic rings. The molecule has 0 amide bonds. The number of nitrogens with one attached hydrogen (secondary N) is 1. The number of nitrogens with zero attached hydrogens (tertiary/aromatic N) is 1. The Kier molecular flexibility index (Phi) is 7.58. The maximum absolute atomic E-state index is 5.91. The summed E-state index contributed by atoms with van der Waals surface area (Å²) in [5.74, 6) is 0.443. The minimum absolute atomic E-state index is 0. The molecule has 0 radical (unpaired) electrons. The summed E-state index contributed by atoms with van der Waals surface area (Å²) in [6.45, 7) is 2.67. The van der Waals surface area contributed by atoms with Gasteiger partial charge >= 0.3 is 0 Å². The molecular formula is C17H26IN3O2. The van der Waals surface area contributed by atoms with E-state index in [1.54, 1.807) is 0 Å². The molecule has 1 aromatic carbocycles. The van der Waals surface area contributed by atoms with E-state index in [-0.39, 0.29) is 30.1 Å². The van der Waals surface area contributed by atoms with Gasteiger partial charge in [0.05, 0.1) is 25.9 Å². The Bertz CT molecular complexity index is 531. The quantitative estimate of drug-likeness (QED) is 0.315. The third-order valence-corrected chi connectivity index (χ3v) is 4.22. The lowest BCUT2D eigenvalue weighted by atomic mass is 10.1. The largest absolute Gasteiger partial charge is 0.377 e. The number of halogens is 1. The molecule has 0 saturated carbocycles. The van der Waals surface area contributed by atoms with Crippen molar-refractivity contribution >= 4 is 35.6 Å². The minimum Gasteiger partial charge on any atom is -0.377 e. The first kappa shape index (κ1) is 18.5. The maximum Gasteiger partial charge on any atom is 0.193 e. The van der Waals surface area contributed by atoms with Crippen LogP contribution in [0.1, 0.15) is 30.4 Å². The Labute approximate surface area is 155 Å². The predicted octanol–water partition coefficient (Wildman–Crippen LogP) is 2.72. The van der Waals surface area contributed by atoms with E-state index in [1.807, 2.05) is 0 Å². The van der Waals surface area contributed by atoms with Crippen molar-refractivity contribution in [3.8, 4) is 0 Å². The van der Waals surface area contributed by atoms with Crippen LogP contribution < -0.4 is 11.1 Å².